The van der Waals surface area contributed by atoms with Crippen molar-refractivity contribution in [1.29, 1.82) is 0 Å². The molecular weight excluding hydrogens is 463 g/mol. The van der Waals surface area contributed by atoms with Crippen LogP contribution >= 0.6 is 24.0 Å². The number of nitrogens with one attached hydrogen (secondary N) is 1. The summed E-state index contributed by atoms with van der Waals surface area (Å²) in [7, 11) is 1.70. The summed E-state index contributed by atoms with van der Waals surface area (Å²) in [5.74, 6) is 1.33. The molecule has 3 N–H and O–H groups in total. The van der Waals surface area contributed by atoms with E-state index in [2.05, 4.69) is 46.4 Å². The number of guanidine groups is 1. The van der Waals surface area contributed by atoms with E-state index in [4.69, 9.17) is 10.5 Å². The normalized spacial score (nSPS) is 15.7. The summed E-state index contributed by atoms with van der Waals surface area (Å²) in [6, 6.07) is 16.8. The monoisotopic (exact) mass is 494 g/mol. The highest BCUT2D eigenvalue weighted by Gasteiger charge is 2.23. The number of aliphatic imine (C=N–C) groups is 1. The Hall–Kier alpha value is -1.80. The third kappa shape index (κ3) is 6.10. The van der Waals surface area contributed by atoms with Crippen molar-refractivity contribution in [3.63, 3.8) is 0 Å². The highest BCUT2D eigenvalue weighted by molar-refractivity contribution is 14.0. The van der Waals surface area contributed by atoms with E-state index in [0.29, 0.717) is 12.5 Å². The Morgan fingerprint density at radius 3 is 2.54 bits per heavy atom. The van der Waals surface area contributed by atoms with Gasteiger partial charge in [-0.05, 0) is 67.7 Å². The number of ether oxygens (including phenoxy) is 1. The molecule has 1 aliphatic rings. The zero-order chi connectivity index (χ0) is 19.1. The number of halogens is 1. The van der Waals surface area contributed by atoms with Gasteiger partial charge >= 0.3 is 0 Å². The zero-order valence-corrected chi connectivity index (χ0v) is 19.1. The van der Waals surface area contributed by atoms with Gasteiger partial charge in [0.2, 0.25) is 0 Å². The molecule has 1 saturated heterocycles. The van der Waals surface area contributed by atoms with Gasteiger partial charge in [0.25, 0.3) is 0 Å². The van der Waals surface area contributed by atoms with Crippen LogP contribution in [0.15, 0.2) is 53.5 Å². The summed E-state index contributed by atoms with van der Waals surface area (Å²) in [6.45, 7) is 4.97. The Balaban J connectivity index is 0.00000280. The molecule has 1 heterocycles. The maximum absolute atomic E-state index is 6.15. The van der Waals surface area contributed by atoms with Crippen LogP contribution in [0, 0.1) is 0 Å². The fraction of sp³-hybridized carbons (Fsp3) is 0.409. The van der Waals surface area contributed by atoms with E-state index in [0.717, 1.165) is 30.9 Å². The molecule has 0 amide bonds. The number of hydrogen-bond acceptors (Lipinski definition) is 3. The van der Waals surface area contributed by atoms with Crippen LogP contribution < -0.4 is 15.8 Å². The molecule has 0 bridgehead atoms. The summed E-state index contributed by atoms with van der Waals surface area (Å²) in [4.78, 5) is 7.13. The molecule has 6 heteroatoms. The van der Waals surface area contributed by atoms with Crippen LogP contribution in [-0.4, -0.2) is 37.6 Å². The lowest BCUT2D eigenvalue weighted by Crippen LogP contribution is -2.30. The minimum Gasteiger partial charge on any atom is -0.497 e. The lowest BCUT2D eigenvalue weighted by molar-refractivity contribution is 0.251. The van der Waals surface area contributed by atoms with Gasteiger partial charge in [0, 0.05) is 5.69 Å². The molecule has 1 aliphatic heterocycles. The predicted octanol–water partition coefficient (Wildman–Crippen LogP) is 4.44. The molecule has 1 unspecified atom stereocenters. The maximum atomic E-state index is 6.15. The van der Waals surface area contributed by atoms with Gasteiger partial charge in [0.15, 0.2) is 5.96 Å². The second kappa shape index (κ2) is 11.3. The minimum absolute atomic E-state index is 0. The van der Waals surface area contributed by atoms with Crippen LogP contribution in [0.5, 0.6) is 5.75 Å². The van der Waals surface area contributed by atoms with Gasteiger partial charge in [-0.15, -0.1) is 24.0 Å². The molecule has 5 nitrogen and oxygen atoms in total. The van der Waals surface area contributed by atoms with Gasteiger partial charge in [-0.3, -0.25) is 9.89 Å². The minimum atomic E-state index is 0. The van der Waals surface area contributed by atoms with Gasteiger partial charge < -0.3 is 15.8 Å². The first kappa shape index (κ1) is 22.5. The molecule has 0 radical (unpaired) electrons. The van der Waals surface area contributed by atoms with Crippen LogP contribution in [0.1, 0.15) is 36.9 Å². The molecule has 2 aromatic rings. The van der Waals surface area contributed by atoms with E-state index in [1.165, 1.54) is 24.0 Å². The number of aryl methyl sites for hydroxylation is 1. The topological polar surface area (TPSA) is 62.9 Å². The molecule has 28 heavy (non-hydrogen) atoms. The molecule has 0 aliphatic carbocycles. The predicted molar refractivity (Wildman–Crippen MR) is 128 cm³/mol. The van der Waals surface area contributed by atoms with Crippen LogP contribution in [0.3, 0.4) is 0 Å². The Morgan fingerprint density at radius 2 is 1.89 bits per heavy atom. The van der Waals surface area contributed by atoms with Crippen molar-refractivity contribution in [2.24, 2.45) is 10.7 Å². The van der Waals surface area contributed by atoms with Crippen LogP contribution in [-0.2, 0) is 6.42 Å². The van der Waals surface area contributed by atoms with Gasteiger partial charge in [0.1, 0.15) is 5.75 Å². The Bertz CT molecular complexity index is 757. The number of hydrogen-bond donors (Lipinski definition) is 2. The number of methoxy groups -OCH3 is 1. The van der Waals surface area contributed by atoms with E-state index in [1.54, 1.807) is 7.11 Å². The van der Waals surface area contributed by atoms with Crippen LogP contribution in [0.2, 0.25) is 0 Å². The average molecular weight is 494 g/mol. The second-order valence-electron chi connectivity index (χ2n) is 6.94. The number of nitrogens with two attached hydrogens (primary N) is 1. The van der Waals surface area contributed by atoms with E-state index in [-0.39, 0.29) is 30.0 Å². The van der Waals surface area contributed by atoms with Gasteiger partial charge in [-0.2, -0.15) is 0 Å². The molecule has 2 aromatic carbocycles. The molecule has 0 spiro atoms. The first-order valence-corrected chi connectivity index (χ1v) is 9.73. The molecule has 152 valence electrons. The summed E-state index contributed by atoms with van der Waals surface area (Å²) >= 11 is 0. The van der Waals surface area contributed by atoms with Crippen molar-refractivity contribution in [2.75, 3.05) is 32.1 Å². The quantitative estimate of drug-likeness (QED) is 0.340. The number of likely N-dealkylation sites (tertiary alicyclic amines) is 1. The molecule has 0 aromatic heterocycles. The summed E-state index contributed by atoms with van der Waals surface area (Å²) < 4.78 is 5.40. The zero-order valence-electron chi connectivity index (χ0n) is 16.7. The van der Waals surface area contributed by atoms with Gasteiger partial charge in [0.05, 0.1) is 19.7 Å². The molecule has 1 atom stereocenters. The molecule has 1 fully saturated rings. The van der Waals surface area contributed by atoms with Gasteiger partial charge in [-0.1, -0.05) is 31.2 Å². The fourth-order valence-corrected chi connectivity index (χ4v) is 3.53. The molecular formula is C22H31IN4O. The third-order valence-corrected chi connectivity index (χ3v) is 5.13. The standard InChI is InChI=1S/C22H30N4O.HI/c1-3-17-9-11-19(12-10-17)25-22(23)24-16-21(26-13-4-5-14-26)18-7-6-8-20(15-18)27-2;/h6-12,15,21H,3-5,13-14,16H2,1-2H3,(H3,23,24,25);1H. The maximum Gasteiger partial charge on any atom is 0.193 e. The van der Waals surface area contributed by atoms with Crippen molar-refractivity contribution < 1.29 is 4.74 Å². The van der Waals surface area contributed by atoms with Crippen molar-refractivity contribution in [3.05, 3.63) is 59.7 Å². The lowest BCUT2D eigenvalue weighted by atomic mass is 10.1. The summed E-state index contributed by atoms with van der Waals surface area (Å²) in [6.07, 6.45) is 3.51. The Labute approximate surface area is 185 Å². The van der Waals surface area contributed by atoms with E-state index >= 15 is 0 Å². The largest absolute Gasteiger partial charge is 0.497 e. The first-order valence-electron chi connectivity index (χ1n) is 9.73. The average Bonchev–Trinajstić information content (AvgIpc) is 3.23. The van der Waals surface area contributed by atoms with Crippen molar-refractivity contribution in [3.8, 4) is 5.75 Å². The van der Waals surface area contributed by atoms with Crippen LogP contribution in [0.4, 0.5) is 5.69 Å². The molecule has 3 rings (SSSR count). The van der Waals surface area contributed by atoms with Gasteiger partial charge in [-0.25, -0.2) is 0 Å². The second-order valence-corrected chi connectivity index (χ2v) is 6.94. The number of nitrogens with zero attached hydrogens (tertiary/aromatic N) is 2. The smallest absolute Gasteiger partial charge is 0.193 e. The Morgan fingerprint density at radius 1 is 1.18 bits per heavy atom. The van der Waals surface area contributed by atoms with Crippen LogP contribution in [0.25, 0.3) is 0 Å². The summed E-state index contributed by atoms with van der Waals surface area (Å²) in [5.41, 5.74) is 9.65. The van der Waals surface area contributed by atoms with E-state index in [1.807, 2.05) is 24.3 Å². The number of anilines is 1. The highest BCUT2D eigenvalue weighted by Crippen LogP contribution is 2.28. The van der Waals surface area contributed by atoms with E-state index in [9.17, 15) is 0 Å². The number of benzene rings is 2. The first-order chi connectivity index (χ1) is 13.2. The molecule has 0 saturated carbocycles. The highest BCUT2D eigenvalue weighted by atomic mass is 127. The Kier molecular flexibility index (Phi) is 9.05. The van der Waals surface area contributed by atoms with Crippen molar-refractivity contribution >= 4 is 35.6 Å². The van der Waals surface area contributed by atoms with Crippen molar-refractivity contribution in [2.45, 2.75) is 32.2 Å². The van der Waals surface area contributed by atoms with E-state index < -0.39 is 0 Å². The number of rotatable bonds is 7. The fourth-order valence-electron chi connectivity index (χ4n) is 3.53. The van der Waals surface area contributed by atoms with Crippen molar-refractivity contribution in [1.82, 2.24) is 4.90 Å². The summed E-state index contributed by atoms with van der Waals surface area (Å²) in [5, 5.41) is 3.20. The lowest BCUT2D eigenvalue weighted by Gasteiger charge is -2.27. The SMILES string of the molecule is CCc1ccc(NC(N)=NCC(c2cccc(OC)c2)N2CCCC2)cc1.I. The third-order valence-electron chi connectivity index (χ3n) is 5.13.